The van der Waals surface area contributed by atoms with Crippen molar-refractivity contribution in [3.05, 3.63) is 88.1 Å². The summed E-state index contributed by atoms with van der Waals surface area (Å²) in [6.07, 6.45) is 6.78. The van der Waals surface area contributed by atoms with E-state index in [1.54, 1.807) is 56.3 Å². The molecule has 3 aromatic carbocycles. The number of para-hydroxylation sites is 1. The van der Waals surface area contributed by atoms with Gasteiger partial charge < -0.3 is 30.5 Å². The second kappa shape index (κ2) is 20.3. The highest BCUT2D eigenvalue weighted by Gasteiger charge is 2.45. The molecule has 16 nitrogen and oxygen atoms in total. The number of sulfone groups is 1. The molecule has 4 aliphatic rings. The number of carbonyl (C=O) groups excluding carboxylic acids is 4. The maximum absolute atomic E-state index is 13.5. The molecular formula is C49H60ClN9O7S. The van der Waals surface area contributed by atoms with Gasteiger partial charge in [0.25, 0.3) is 11.8 Å². The van der Waals surface area contributed by atoms with Crippen molar-refractivity contribution < 1.29 is 32.3 Å². The number of nitrogens with zero attached hydrogens (tertiary/aromatic N) is 5. The van der Waals surface area contributed by atoms with Crippen LogP contribution >= 0.6 is 11.6 Å². The maximum Gasteiger partial charge on any atom is 0.264 e. The molecule has 3 fully saturated rings. The Balaban J connectivity index is 0.828. The summed E-state index contributed by atoms with van der Waals surface area (Å²) in [5.74, 6) is -0.392. The van der Waals surface area contributed by atoms with E-state index in [-0.39, 0.29) is 51.8 Å². The van der Waals surface area contributed by atoms with Gasteiger partial charge in [-0.05, 0) is 159 Å². The number of hydrogen-bond donors (Lipinski definition) is 4. The predicted octanol–water partition coefficient (Wildman–Crippen LogP) is 7.44. The predicted molar refractivity (Wildman–Crippen MR) is 259 cm³/mol. The van der Waals surface area contributed by atoms with Crippen LogP contribution in [0.1, 0.15) is 110 Å². The highest BCUT2D eigenvalue weighted by Crippen LogP contribution is 2.40. The lowest BCUT2D eigenvalue weighted by Crippen LogP contribution is -2.54. The van der Waals surface area contributed by atoms with Crippen LogP contribution in [0, 0.1) is 6.92 Å². The van der Waals surface area contributed by atoms with E-state index in [0.717, 1.165) is 81.0 Å². The quantitative estimate of drug-likeness (QED) is 0.0639. The minimum Gasteiger partial charge on any atom is -0.489 e. The Morgan fingerprint density at radius 1 is 0.866 bits per heavy atom. The van der Waals surface area contributed by atoms with E-state index in [1.807, 2.05) is 13.8 Å². The molecule has 0 aliphatic carbocycles. The lowest BCUT2D eigenvalue weighted by Gasteiger charge is -2.42. The second-order valence-corrected chi connectivity index (χ2v) is 21.3. The molecule has 1 unspecified atom stereocenters. The Morgan fingerprint density at radius 3 is 2.31 bits per heavy atom. The Kier molecular flexibility index (Phi) is 14.5. The van der Waals surface area contributed by atoms with Gasteiger partial charge in [-0.25, -0.2) is 13.4 Å². The number of anilines is 5. The molecule has 67 heavy (non-hydrogen) atoms. The van der Waals surface area contributed by atoms with Gasteiger partial charge in [0.2, 0.25) is 17.8 Å². The van der Waals surface area contributed by atoms with E-state index < -0.39 is 44.8 Å². The molecule has 0 saturated carbocycles. The van der Waals surface area contributed by atoms with Crippen molar-refractivity contribution in [2.45, 2.75) is 114 Å². The first-order valence-corrected chi connectivity index (χ1v) is 25.3. The van der Waals surface area contributed by atoms with Gasteiger partial charge in [0.15, 0.2) is 15.7 Å². The first kappa shape index (κ1) is 47.9. The normalized spacial score (nSPS) is 19.0. The van der Waals surface area contributed by atoms with Gasteiger partial charge in [-0.3, -0.25) is 29.4 Å². The molecule has 4 aliphatic heterocycles. The number of piperidine rings is 3. The van der Waals surface area contributed by atoms with Gasteiger partial charge in [0.05, 0.1) is 44.9 Å². The Hall–Kier alpha value is -5.62. The van der Waals surface area contributed by atoms with Crippen LogP contribution in [0.15, 0.2) is 65.7 Å². The molecule has 8 rings (SSSR count). The molecule has 0 spiro atoms. The van der Waals surface area contributed by atoms with Gasteiger partial charge in [-0.2, -0.15) is 4.98 Å². The van der Waals surface area contributed by atoms with Crippen molar-refractivity contribution in [1.29, 1.82) is 0 Å². The van der Waals surface area contributed by atoms with Crippen LogP contribution in [0.5, 0.6) is 5.75 Å². The van der Waals surface area contributed by atoms with Crippen molar-refractivity contribution in [1.82, 2.24) is 30.0 Å². The summed E-state index contributed by atoms with van der Waals surface area (Å²) >= 11 is 6.54. The first-order chi connectivity index (χ1) is 32.1. The minimum absolute atomic E-state index is 0.0787. The summed E-state index contributed by atoms with van der Waals surface area (Å²) in [6, 6.07) is 15.6. The summed E-state index contributed by atoms with van der Waals surface area (Å²) < 4.78 is 32.6. The summed E-state index contributed by atoms with van der Waals surface area (Å²) in [5.41, 5.74) is 4.65. The van der Waals surface area contributed by atoms with E-state index in [2.05, 4.69) is 60.1 Å². The fraction of sp³-hybridized carbons (Fsp3) is 0.469. The van der Waals surface area contributed by atoms with Gasteiger partial charge in [-0.1, -0.05) is 29.8 Å². The van der Waals surface area contributed by atoms with Gasteiger partial charge in [0.1, 0.15) is 16.8 Å². The number of likely N-dealkylation sites (tertiary alicyclic amines) is 2. The summed E-state index contributed by atoms with van der Waals surface area (Å²) in [6.45, 7) is 15.1. The molecule has 5 heterocycles. The molecule has 1 aromatic heterocycles. The van der Waals surface area contributed by atoms with E-state index in [9.17, 15) is 27.6 Å². The van der Waals surface area contributed by atoms with E-state index in [1.165, 1.54) is 11.8 Å². The summed E-state index contributed by atoms with van der Waals surface area (Å²) in [5, 5.41) is 11.7. The van der Waals surface area contributed by atoms with Crippen LogP contribution < -0.4 is 26.0 Å². The number of fused-ring (bicyclic) bond motifs is 1. The highest BCUT2D eigenvalue weighted by atomic mass is 35.5. The van der Waals surface area contributed by atoms with Crippen LogP contribution in [-0.4, -0.2) is 119 Å². The summed E-state index contributed by atoms with van der Waals surface area (Å²) in [7, 11) is -3.58. The molecule has 4 aromatic rings. The number of hydrogen-bond acceptors (Lipinski definition) is 14. The minimum atomic E-state index is -3.58. The molecule has 4 amide bonds. The lowest BCUT2D eigenvalue weighted by molar-refractivity contribution is -0.136. The zero-order chi connectivity index (χ0) is 47.6. The number of carbonyl (C=O) groups is 4. The van der Waals surface area contributed by atoms with E-state index in [0.29, 0.717) is 35.6 Å². The standard InChI is InChI=1S/C49H60ClN9O7S/c1-29(2)66-41-27-35(31(5)26-39(41)54-49-52-28-36(50)45(56-49)53-37-11-6-7-13-42(37)67(64,65)30(3)4)32-16-24-58(25-17-32)33-18-22-57(23-19-33)21-9-20-51-38-12-8-10-34-44(38)48(63)59(47(34)62)40-14-15-43(60)55-46(40)61/h6-8,10-13,26-30,32-33,40,51H,9,14-25H2,1-5H3,(H,55,60,61)(H2,52,53,54,56). The molecular weight excluding hydrogens is 894 g/mol. The van der Waals surface area contributed by atoms with Crippen molar-refractivity contribution in [3.63, 3.8) is 0 Å². The fourth-order valence-corrected chi connectivity index (χ4v) is 11.0. The van der Waals surface area contributed by atoms with E-state index in [4.69, 9.17) is 16.3 Å². The van der Waals surface area contributed by atoms with Crippen LogP contribution in [0.3, 0.4) is 0 Å². The van der Waals surface area contributed by atoms with Gasteiger partial charge >= 0.3 is 0 Å². The average Bonchev–Trinajstić information content (AvgIpc) is 3.56. The van der Waals surface area contributed by atoms with Crippen molar-refractivity contribution >= 4 is 73.9 Å². The van der Waals surface area contributed by atoms with E-state index >= 15 is 0 Å². The number of aromatic nitrogens is 2. The Morgan fingerprint density at radius 2 is 1.60 bits per heavy atom. The average molecular weight is 955 g/mol. The number of rotatable bonds is 16. The topological polar surface area (TPSA) is 195 Å². The number of imide groups is 2. The maximum atomic E-state index is 13.5. The largest absolute Gasteiger partial charge is 0.489 e. The number of benzene rings is 3. The lowest BCUT2D eigenvalue weighted by atomic mass is 9.85. The Bertz CT molecular complexity index is 2650. The van der Waals surface area contributed by atoms with Crippen LogP contribution in [0.2, 0.25) is 5.02 Å². The molecule has 356 valence electrons. The fourth-order valence-electron chi connectivity index (χ4n) is 9.70. The molecule has 18 heteroatoms. The monoisotopic (exact) mass is 953 g/mol. The zero-order valence-corrected chi connectivity index (χ0v) is 40.3. The number of ether oxygens (including phenoxy) is 1. The Labute approximate surface area is 397 Å². The third-order valence-electron chi connectivity index (χ3n) is 13.3. The van der Waals surface area contributed by atoms with Crippen molar-refractivity contribution in [2.24, 2.45) is 0 Å². The van der Waals surface area contributed by atoms with Crippen LogP contribution in [-0.2, 0) is 19.4 Å². The second-order valence-electron chi connectivity index (χ2n) is 18.4. The van der Waals surface area contributed by atoms with Crippen molar-refractivity contribution in [3.8, 4) is 5.75 Å². The third-order valence-corrected chi connectivity index (χ3v) is 15.8. The molecule has 4 N–H and O–H groups in total. The number of amides is 4. The highest BCUT2D eigenvalue weighted by molar-refractivity contribution is 7.92. The molecule has 1 atom stereocenters. The van der Waals surface area contributed by atoms with Crippen molar-refractivity contribution in [2.75, 3.05) is 55.2 Å². The van der Waals surface area contributed by atoms with Crippen LogP contribution in [0.25, 0.3) is 0 Å². The summed E-state index contributed by atoms with van der Waals surface area (Å²) in [4.78, 5) is 66.3. The number of aryl methyl sites for hydroxylation is 1. The van der Waals surface area contributed by atoms with Gasteiger partial charge in [-0.15, -0.1) is 0 Å². The van der Waals surface area contributed by atoms with Gasteiger partial charge in [0, 0.05) is 24.7 Å². The number of nitrogens with one attached hydrogen (secondary N) is 4. The number of halogens is 1. The molecule has 0 radical (unpaired) electrons. The zero-order valence-electron chi connectivity index (χ0n) is 38.7. The molecule has 3 saturated heterocycles. The first-order valence-electron chi connectivity index (χ1n) is 23.3. The third kappa shape index (κ3) is 10.4. The van der Waals surface area contributed by atoms with Crippen LogP contribution in [0.4, 0.5) is 28.8 Å². The SMILES string of the molecule is Cc1cc(Nc2ncc(Cl)c(Nc3ccccc3S(=O)(=O)C(C)C)n2)c(OC(C)C)cc1C1CCN(C2CCN(CCCNc3cccc4c3C(=O)N(C3CCC(=O)NC3=O)C4=O)CC2)CC1. The molecule has 0 bridgehead atoms. The smallest absolute Gasteiger partial charge is 0.264 e.